The third kappa shape index (κ3) is 4.52. The molecule has 1 aliphatic carbocycles. The van der Waals surface area contributed by atoms with Crippen LogP contribution in [0.3, 0.4) is 0 Å². The molecule has 142 valence electrons. The van der Waals surface area contributed by atoms with Crippen molar-refractivity contribution in [2.75, 3.05) is 18.0 Å². The van der Waals surface area contributed by atoms with Crippen molar-refractivity contribution in [1.29, 1.82) is 0 Å². The normalized spacial score (nSPS) is 23.8. The van der Waals surface area contributed by atoms with E-state index >= 15 is 0 Å². The Morgan fingerprint density at radius 3 is 2.65 bits per heavy atom. The Morgan fingerprint density at radius 1 is 1.23 bits per heavy atom. The average molecular weight is 359 g/mol. The zero-order chi connectivity index (χ0) is 18.5. The average Bonchev–Trinajstić information content (AvgIpc) is 3.05. The first-order chi connectivity index (χ1) is 12.5. The van der Waals surface area contributed by atoms with Crippen molar-refractivity contribution in [3.05, 3.63) is 23.9 Å². The Morgan fingerprint density at radius 2 is 2.00 bits per heavy atom. The van der Waals surface area contributed by atoms with Gasteiger partial charge in [-0.05, 0) is 37.7 Å². The van der Waals surface area contributed by atoms with Crippen LogP contribution in [-0.2, 0) is 16.1 Å². The molecular formula is C19H29N5O2. The molecule has 7 heteroatoms. The molecule has 1 aromatic rings. The van der Waals surface area contributed by atoms with Crippen LogP contribution in [0.2, 0.25) is 0 Å². The number of amides is 2. The summed E-state index contributed by atoms with van der Waals surface area (Å²) in [5.41, 5.74) is 12.5. The van der Waals surface area contributed by atoms with Gasteiger partial charge in [-0.3, -0.25) is 9.59 Å². The minimum absolute atomic E-state index is 0.0475. The number of hydrogen-bond acceptors (Lipinski definition) is 5. The molecule has 7 nitrogen and oxygen atoms in total. The van der Waals surface area contributed by atoms with Crippen LogP contribution in [0, 0.1) is 11.8 Å². The topological polar surface area (TPSA) is 114 Å². The molecule has 26 heavy (non-hydrogen) atoms. The number of carbonyl (C=O) groups is 2. The zero-order valence-electron chi connectivity index (χ0n) is 15.2. The molecule has 1 aromatic heterocycles. The lowest BCUT2D eigenvalue weighted by atomic mass is 9.96. The van der Waals surface area contributed by atoms with Crippen molar-refractivity contribution in [2.24, 2.45) is 23.3 Å². The van der Waals surface area contributed by atoms with E-state index in [9.17, 15) is 9.59 Å². The molecule has 0 radical (unpaired) electrons. The second-order valence-electron chi connectivity index (χ2n) is 7.49. The fraction of sp³-hybridized carbons (Fsp3) is 0.632. The molecule has 2 heterocycles. The van der Waals surface area contributed by atoms with Crippen molar-refractivity contribution in [2.45, 2.75) is 51.1 Å². The van der Waals surface area contributed by atoms with Gasteiger partial charge in [0.25, 0.3) is 0 Å². The smallest absolute Gasteiger partial charge is 0.220 e. The molecular weight excluding hydrogens is 330 g/mol. The van der Waals surface area contributed by atoms with E-state index in [-0.39, 0.29) is 23.8 Å². The summed E-state index contributed by atoms with van der Waals surface area (Å²) >= 11 is 0. The van der Waals surface area contributed by atoms with Crippen molar-refractivity contribution in [3.8, 4) is 0 Å². The van der Waals surface area contributed by atoms with Crippen LogP contribution >= 0.6 is 0 Å². The molecule has 1 saturated heterocycles. The number of nitrogens with one attached hydrogen (secondary N) is 1. The maximum Gasteiger partial charge on any atom is 0.220 e. The number of anilines is 1. The highest BCUT2D eigenvalue weighted by atomic mass is 16.2. The summed E-state index contributed by atoms with van der Waals surface area (Å²) in [4.78, 5) is 30.3. The molecule has 2 fully saturated rings. The van der Waals surface area contributed by atoms with Crippen molar-refractivity contribution >= 4 is 17.6 Å². The molecule has 1 saturated carbocycles. The van der Waals surface area contributed by atoms with Gasteiger partial charge >= 0.3 is 0 Å². The summed E-state index contributed by atoms with van der Waals surface area (Å²) in [7, 11) is 0. The predicted octanol–water partition coefficient (Wildman–Crippen LogP) is 0.917. The molecule has 0 spiro atoms. The summed E-state index contributed by atoms with van der Waals surface area (Å²) < 4.78 is 0. The molecule has 0 unspecified atom stereocenters. The van der Waals surface area contributed by atoms with Gasteiger partial charge in [0.05, 0.1) is 0 Å². The Hall–Kier alpha value is -2.15. The first kappa shape index (κ1) is 18.6. The summed E-state index contributed by atoms with van der Waals surface area (Å²) in [5, 5.41) is 3.02. The fourth-order valence-electron chi connectivity index (χ4n) is 4.05. The fourth-order valence-corrected chi connectivity index (χ4v) is 4.05. The van der Waals surface area contributed by atoms with Crippen LogP contribution in [0.4, 0.5) is 5.82 Å². The molecule has 2 aliphatic rings. The SMILES string of the molecule is NC(=O)C1CCN(c2ncccc2CNC(=O)C[C@@H]2CCC[C@H]2N)CC1. The van der Waals surface area contributed by atoms with E-state index < -0.39 is 0 Å². The van der Waals surface area contributed by atoms with E-state index in [1.165, 1.54) is 0 Å². The van der Waals surface area contributed by atoms with Gasteiger partial charge in [0.15, 0.2) is 0 Å². The maximum atomic E-state index is 12.3. The summed E-state index contributed by atoms with van der Waals surface area (Å²) in [6.45, 7) is 1.96. The van der Waals surface area contributed by atoms with E-state index in [0.29, 0.717) is 18.9 Å². The molecule has 0 bridgehead atoms. The molecule has 0 aromatic carbocycles. The third-order valence-corrected chi connectivity index (χ3v) is 5.71. The minimum atomic E-state index is -0.219. The molecule has 2 atom stereocenters. The lowest BCUT2D eigenvalue weighted by molar-refractivity contribution is -0.123. The lowest BCUT2D eigenvalue weighted by Crippen LogP contribution is -2.39. The molecule has 3 rings (SSSR count). The van der Waals surface area contributed by atoms with Crippen molar-refractivity contribution in [3.63, 3.8) is 0 Å². The van der Waals surface area contributed by atoms with Crippen LogP contribution in [-0.4, -0.2) is 35.9 Å². The van der Waals surface area contributed by atoms with Gasteiger partial charge < -0.3 is 21.7 Å². The first-order valence-corrected chi connectivity index (χ1v) is 9.55. The van der Waals surface area contributed by atoms with Crippen molar-refractivity contribution < 1.29 is 9.59 Å². The van der Waals surface area contributed by atoms with Gasteiger partial charge in [0.1, 0.15) is 5.82 Å². The van der Waals surface area contributed by atoms with Crippen molar-refractivity contribution in [1.82, 2.24) is 10.3 Å². The van der Waals surface area contributed by atoms with E-state index in [4.69, 9.17) is 11.5 Å². The second-order valence-corrected chi connectivity index (χ2v) is 7.49. The Bertz CT molecular complexity index is 643. The quantitative estimate of drug-likeness (QED) is 0.699. The first-order valence-electron chi connectivity index (χ1n) is 9.55. The number of carbonyl (C=O) groups excluding carboxylic acids is 2. The van der Waals surface area contributed by atoms with Gasteiger partial charge in [-0.2, -0.15) is 0 Å². The number of rotatable bonds is 6. The number of primary amides is 1. The predicted molar refractivity (Wildman–Crippen MR) is 100 cm³/mol. The number of piperidine rings is 1. The molecule has 5 N–H and O–H groups in total. The van der Waals surface area contributed by atoms with E-state index in [1.54, 1.807) is 6.20 Å². The highest BCUT2D eigenvalue weighted by Crippen LogP contribution is 2.27. The summed E-state index contributed by atoms with van der Waals surface area (Å²) in [6.07, 6.45) is 6.94. The number of pyridine rings is 1. The Balaban J connectivity index is 1.56. The molecule has 2 amide bonds. The summed E-state index contributed by atoms with van der Waals surface area (Å²) in [5.74, 6) is 0.969. The van der Waals surface area contributed by atoms with Gasteiger partial charge in [0.2, 0.25) is 11.8 Å². The Labute approximate surface area is 154 Å². The monoisotopic (exact) mass is 359 g/mol. The van der Waals surface area contributed by atoms with Crippen LogP contribution in [0.25, 0.3) is 0 Å². The zero-order valence-corrected chi connectivity index (χ0v) is 15.2. The minimum Gasteiger partial charge on any atom is -0.369 e. The summed E-state index contributed by atoms with van der Waals surface area (Å²) in [6, 6.07) is 4.03. The third-order valence-electron chi connectivity index (χ3n) is 5.71. The Kier molecular flexibility index (Phi) is 6.08. The number of nitrogens with zero attached hydrogens (tertiary/aromatic N) is 2. The van der Waals surface area contributed by atoms with E-state index in [2.05, 4.69) is 15.2 Å². The van der Waals surface area contributed by atoms with Crippen LogP contribution in [0.5, 0.6) is 0 Å². The van der Waals surface area contributed by atoms with Gasteiger partial charge in [-0.25, -0.2) is 4.98 Å². The highest BCUT2D eigenvalue weighted by molar-refractivity contribution is 5.77. The van der Waals surface area contributed by atoms with Crippen LogP contribution in [0.1, 0.15) is 44.1 Å². The van der Waals surface area contributed by atoms with Gasteiger partial charge in [-0.15, -0.1) is 0 Å². The number of hydrogen-bond donors (Lipinski definition) is 3. The largest absolute Gasteiger partial charge is 0.369 e. The lowest BCUT2D eigenvalue weighted by Gasteiger charge is -2.32. The van der Waals surface area contributed by atoms with Gasteiger partial charge in [-0.1, -0.05) is 12.5 Å². The second kappa shape index (κ2) is 8.49. The standard InChI is InChI=1S/C19H29N5O2/c20-16-5-1-3-14(16)11-17(25)23-12-15-4-2-8-22-19(15)24-9-6-13(7-10-24)18(21)26/h2,4,8,13-14,16H,1,3,5-7,9-12,20H2,(H2,21,26)(H,23,25)/t14-,16+/m0/s1. The van der Waals surface area contributed by atoms with E-state index in [0.717, 1.165) is 56.6 Å². The number of aromatic nitrogens is 1. The van der Waals surface area contributed by atoms with Gasteiger partial charge in [0, 0.05) is 49.8 Å². The van der Waals surface area contributed by atoms with Crippen LogP contribution < -0.4 is 21.7 Å². The van der Waals surface area contributed by atoms with Crippen LogP contribution in [0.15, 0.2) is 18.3 Å². The highest BCUT2D eigenvalue weighted by Gasteiger charge is 2.27. The molecule has 1 aliphatic heterocycles. The maximum absolute atomic E-state index is 12.3. The van der Waals surface area contributed by atoms with E-state index in [1.807, 2.05) is 12.1 Å². The number of nitrogens with two attached hydrogens (primary N) is 2.